The number of fused-ring (bicyclic) bond motifs is 1. The highest BCUT2D eigenvalue weighted by Gasteiger charge is 2.26. The standard InChI is InChI=1S/C28H31NO2/c1-3-8-25(23-15-13-21(14-16-23)20-9-5-4-6-10-20)28(30)29-24-18-17-22-11-7-12-27(31-2)26(22)19-24/h4-7,9-16,24-25H,3,8,17-19H2,1-2H3,(H,29,30). The summed E-state index contributed by atoms with van der Waals surface area (Å²) in [6.07, 6.45) is 4.60. The summed E-state index contributed by atoms with van der Waals surface area (Å²) < 4.78 is 5.56. The van der Waals surface area contributed by atoms with Crippen LogP contribution in [0, 0.1) is 0 Å². The molecule has 1 amide bonds. The van der Waals surface area contributed by atoms with Gasteiger partial charge in [-0.1, -0.05) is 80.1 Å². The van der Waals surface area contributed by atoms with E-state index >= 15 is 0 Å². The van der Waals surface area contributed by atoms with E-state index in [1.165, 1.54) is 22.3 Å². The normalized spacial score (nSPS) is 16.3. The molecule has 0 radical (unpaired) electrons. The monoisotopic (exact) mass is 413 g/mol. The average Bonchev–Trinajstić information content (AvgIpc) is 2.82. The maximum atomic E-state index is 13.3. The molecular formula is C28H31NO2. The van der Waals surface area contributed by atoms with Gasteiger partial charge in [-0.05, 0) is 59.6 Å². The molecule has 0 bridgehead atoms. The summed E-state index contributed by atoms with van der Waals surface area (Å²) in [7, 11) is 1.72. The summed E-state index contributed by atoms with van der Waals surface area (Å²) in [5.41, 5.74) is 6.04. The van der Waals surface area contributed by atoms with E-state index in [9.17, 15) is 4.79 Å². The second-order valence-electron chi connectivity index (χ2n) is 8.38. The molecule has 31 heavy (non-hydrogen) atoms. The van der Waals surface area contributed by atoms with Gasteiger partial charge in [0, 0.05) is 6.04 Å². The number of amides is 1. The lowest BCUT2D eigenvalue weighted by Gasteiger charge is -2.28. The number of carbonyl (C=O) groups excluding carboxylic acids is 1. The van der Waals surface area contributed by atoms with Crippen LogP contribution in [0.15, 0.2) is 72.8 Å². The van der Waals surface area contributed by atoms with Crippen LogP contribution in [-0.2, 0) is 17.6 Å². The zero-order chi connectivity index (χ0) is 21.6. The van der Waals surface area contributed by atoms with Gasteiger partial charge in [-0.25, -0.2) is 0 Å². The molecule has 1 N–H and O–H groups in total. The van der Waals surface area contributed by atoms with Crippen LogP contribution in [0.5, 0.6) is 5.75 Å². The lowest BCUT2D eigenvalue weighted by Crippen LogP contribution is -2.41. The first-order valence-corrected chi connectivity index (χ1v) is 11.3. The molecule has 0 heterocycles. The van der Waals surface area contributed by atoms with Crippen molar-refractivity contribution in [3.8, 4) is 16.9 Å². The molecule has 3 nitrogen and oxygen atoms in total. The first kappa shape index (κ1) is 21.2. The van der Waals surface area contributed by atoms with Crippen molar-refractivity contribution in [3.05, 3.63) is 89.5 Å². The molecule has 1 aliphatic carbocycles. The third-order valence-electron chi connectivity index (χ3n) is 6.32. The molecule has 3 heteroatoms. The number of hydrogen-bond donors (Lipinski definition) is 1. The number of aryl methyl sites for hydroxylation is 1. The Labute approximate surface area is 185 Å². The molecule has 0 aliphatic heterocycles. The highest BCUT2D eigenvalue weighted by molar-refractivity contribution is 5.84. The van der Waals surface area contributed by atoms with Crippen LogP contribution < -0.4 is 10.1 Å². The Balaban J connectivity index is 1.48. The fraction of sp³-hybridized carbons (Fsp3) is 0.321. The Hall–Kier alpha value is -3.07. The van der Waals surface area contributed by atoms with E-state index < -0.39 is 0 Å². The van der Waals surface area contributed by atoms with Gasteiger partial charge in [0.05, 0.1) is 13.0 Å². The number of methoxy groups -OCH3 is 1. The van der Waals surface area contributed by atoms with E-state index in [1.807, 2.05) is 30.3 Å². The molecule has 160 valence electrons. The van der Waals surface area contributed by atoms with Crippen molar-refractivity contribution in [1.29, 1.82) is 0 Å². The first-order valence-electron chi connectivity index (χ1n) is 11.3. The summed E-state index contributed by atoms with van der Waals surface area (Å²) in [5.74, 6) is 0.949. The lowest BCUT2D eigenvalue weighted by atomic mass is 9.86. The third-order valence-corrected chi connectivity index (χ3v) is 6.32. The quantitative estimate of drug-likeness (QED) is 0.522. The predicted molar refractivity (Wildman–Crippen MR) is 126 cm³/mol. The summed E-state index contributed by atoms with van der Waals surface area (Å²) in [6, 6.07) is 25.2. The van der Waals surface area contributed by atoms with Crippen molar-refractivity contribution in [1.82, 2.24) is 5.32 Å². The fourth-order valence-electron chi connectivity index (χ4n) is 4.65. The van der Waals surface area contributed by atoms with E-state index in [1.54, 1.807) is 7.11 Å². The Morgan fingerprint density at radius 1 is 1.00 bits per heavy atom. The highest BCUT2D eigenvalue weighted by atomic mass is 16.5. The number of benzene rings is 3. The van der Waals surface area contributed by atoms with Gasteiger partial charge in [-0.3, -0.25) is 4.79 Å². The molecule has 3 aromatic carbocycles. The molecule has 0 saturated carbocycles. The fourth-order valence-corrected chi connectivity index (χ4v) is 4.65. The van der Waals surface area contributed by atoms with Crippen LogP contribution in [0.2, 0.25) is 0 Å². The van der Waals surface area contributed by atoms with Crippen molar-refractivity contribution in [2.24, 2.45) is 0 Å². The Morgan fingerprint density at radius 3 is 2.45 bits per heavy atom. The van der Waals surface area contributed by atoms with Crippen molar-refractivity contribution >= 4 is 5.91 Å². The Kier molecular flexibility index (Phi) is 6.71. The molecule has 0 aromatic heterocycles. The van der Waals surface area contributed by atoms with Gasteiger partial charge >= 0.3 is 0 Å². The highest BCUT2D eigenvalue weighted by Crippen LogP contribution is 2.31. The SMILES string of the molecule is CCCC(C(=O)NC1CCc2cccc(OC)c2C1)c1ccc(-c2ccccc2)cc1. The molecule has 0 saturated heterocycles. The van der Waals surface area contributed by atoms with Gasteiger partial charge in [0.25, 0.3) is 0 Å². The van der Waals surface area contributed by atoms with Gasteiger partial charge in [0.2, 0.25) is 5.91 Å². The van der Waals surface area contributed by atoms with Crippen LogP contribution in [0.1, 0.15) is 48.8 Å². The molecule has 1 aliphatic rings. The summed E-state index contributed by atoms with van der Waals surface area (Å²) in [4.78, 5) is 13.3. The van der Waals surface area contributed by atoms with E-state index in [2.05, 4.69) is 54.7 Å². The van der Waals surface area contributed by atoms with Crippen molar-refractivity contribution in [2.45, 2.75) is 51.0 Å². The summed E-state index contributed by atoms with van der Waals surface area (Å²) in [6.45, 7) is 2.14. The molecule has 2 unspecified atom stereocenters. The van der Waals surface area contributed by atoms with E-state index in [0.29, 0.717) is 0 Å². The molecule has 0 fully saturated rings. The number of carbonyl (C=O) groups is 1. The number of hydrogen-bond acceptors (Lipinski definition) is 2. The van der Waals surface area contributed by atoms with Crippen molar-refractivity contribution in [2.75, 3.05) is 7.11 Å². The molecule has 3 aromatic rings. The molecule has 0 spiro atoms. The largest absolute Gasteiger partial charge is 0.496 e. The van der Waals surface area contributed by atoms with Crippen LogP contribution in [0.25, 0.3) is 11.1 Å². The van der Waals surface area contributed by atoms with Gasteiger partial charge < -0.3 is 10.1 Å². The molecule has 4 rings (SSSR count). The molecule has 2 atom stereocenters. The minimum atomic E-state index is -0.117. The van der Waals surface area contributed by atoms with Gasteiger partial charge in [0.15, 0.2) is 0 Å². The maximum Gasteiger partial charge on any atom is 0.227 e. The van der Waals surface area contributed by atoms with Crippen LogP contribution in [0.3, 0.4) is 0 Å². The minimum absolute atomic E-state index is 0.117. The zero-order valence-electron chi connectivity index (χ0n) is 18.4. The van der Waals surface area contributed by atoms with Crippen molar-refractivity contribution < 1.29 is 9.53 Å². The second-order valence-corrected chi connectivity index (χ2v) is 8.38. The number of rotatable bonds is 7. The van der Waals surface area contributed by atoms with Crippen LogP contribution in [-0.4, -0.2) is 19.1 Å². The van der Waals surface area contributed by atoms with E-state index in [-0.39, 0.29) is 17.9 Å². The van der Waals surface area contributed by atoms with Gasteiger partial charge in [-0.15, -0.1) is 0 Å². The zero-order valence-corrected chi connectivity index (χ0v) is 18.4. The van der Waals surface area contributed by atoms with Crippen molar-refractivity contribution in [3.63, 3.8) is 0 Å². The smallest absolute Gasteiger partial charge is 0.227 e. The summed E-state index contributed by atoms with van der Waals surface area (Å²) in [5, 5.41) is 3.35. The Morgan fingerprint density at radius 2 is 1.74 bits per heavy atom. The topological polar surface area (TPSA) is 38.3 Å². The number of ether oxygens (including phenoxy) is 1. The van der Waals surface area contributed by atoms with Gasteiger partial charge in [-0.2, -0.15) is 0 Å². The van der Waals surface area contributed by atoms with E-state index in [0.717, 1.165) is 43.4 Å². The van der Waals surface area contributed by atoms with Crippen LogP contribution >= 0.6 is 0 Å². The first-order chi connectivity index (χ1) is 15.2. The lowest BCUT2D eigenvalue weighted by molar-refractivity contribution is -0.123. The minimum Gasteiger partial charge on any atom is -0.496 e. The predicted octanol–water partition coefficient (Wildman–Crippen LogP) is 5.92. The molecular weight excluding hydrogens is 382 g/mol. The average molecular weight is 414 g/mol. The summed E-state index contributed by atoms with van der Waals surface area (Å²) >= 11 is 0. The third kappa shape index (κ3) is 4.82. The van der Waals surface area contributed by atoms with E-state index in [4.69, 9.17) is 4.74 Å². The van der Waals surface area contributed by atoms with Crippen LogP contribution in [0.4, 0.5) is 0 Å². The number of nitrogens with one attached hydrogen (secondary N) is 1. The maximum absolute atomic E-state index is 13.3. The van der Waals surface area contributed by atoms with Gasteiger partial charge in [0.1, 0.15) is 5.75 Å². The second kappa shape index (κ2) is 9.82. The Bertz CT molecular complexity index is 997.